The standard InChI is InChI=1S/C15H10Br4N2O3/c16-8-2-1-3-9(4-8)24-7-13(22)21-20-6-10-11(17)5-12(18)15(23)14(10)19/h1-6,23H,7H2,(H,21,22). The van der Waals surface area contributed by atoms with Gasteiger partial charge in [-0.3, -0.25) is 4.79 Å². The number of carbonyl (C=O) groups is 1. The maximum Gasteiger partial charge on any atom is 0.277 e. The largest absolute Gasteiger partial charge is 0.506 e. The van der Waals surface area contributed by atoms with Crippen molar-refractivity contribution in [2.75, 3.05) is 6.61 Å². The molecule has 0 saturated carbocycles. The van der Waals surface area contributed by atoms with Gasteiger partial charge in [0.1, 0.15) is 11.5 Å². The Morgan fingerprint density at radius 3 is 2.67 bits per heavy atom. The topological polar surface area (TPSA) is 70.9 Å². The number of benzene rings is 2. The zero-order valence-electron chi connectivity index (χ0n) is 11.9. The third-order valence-corrected chi connectivity index (χ3v) is 5.29. The van der Waals surface area contributed by atoms with E-state index in [1.54, 1.807) is 18.2 Å². The Morgan fingerprint density at radius 1 is 1.21 bits per heavy atom. The van der Waals surface area contributed by atoms with E-state index in [2.05, 4.69) is 74.2 Å². The highest BCUT2D eigenvalue weighted by molar-refractivity contribution is 9.11. The van der Waals surface area contributed by atoms with E-state index in [1.807, 2.05) is 12.1 Å². The number of phenolic OH excluding ortho intramolecular Hbond substituents is 1. The number of rotatable bonds is 5. The number of aromatic hydroxyl groups is 1. The maximum atomic E-state index is 11.7. The van der Waals surface area contributed by atoms with Crippen LogP contribution in [0.1, 0.15) is 5.56 Å². The number of nitrogens with one attached hydrogen (secondary N) is 1. The van der Waals surface area contributed by atoms with Gasteiger partial charge in [0.05, 0.1) is 15.2 Å². The predicted molar refractivity (Wildman–Crippen MR) is 107 cm³/mol. The minimum Gasteiger partial charge on any atom is -0.506 e. The highest BCUT2D eigenvalue weighted by atomic mass is 79.9. The van der Waals surface area contributed by atoms with E-state index in [0.717, 1.165) is 4.47 Å². The molecular weight excluding hydrogens is 576 g/mol. The quantitative estimate of drug-likeness (QED) is 0.385. The Balaban J connectivity index is 1.94. The molecule has 0 bridgehead atoms. The van der Waals surface area contributed by atoms with E-state index < -0.39 is 5.91 Å². The van der Waals surface area contributed by atoms with Gasteiger partial charge in [-0.2, -0.15) is 5.10 Å². The van der Waals surface area contributed by atoms with E-state index in [4.69, 9.17) is 4.74 Å². The van der Waals surface area contributed by atoms with Gasteiger partial charge in [-0.1, -0.05) is 37.9 Å². The smallest absolute Gasteiger partial charge is 0.277 e. The zero-order valence-corrected chi connectivity index (χ0v) is 18.2. The second kappa shape index (κ2) is 8.98. The van der Waals surface area contributed by atoms with Gasteiger partial charge in [-0.15, -0.1) is 0 Å². The monoisotopic (exact) mass is 582 g/mol. The molecule has 0 aromatic heterocycles. The maximum absolute atomic E-state index is 11.7. The fraction of sp³-hybridized carbons (Fsp3) is 0.0667. The highest BCUT2D eigenvalue weighted by Gasteiger charge is 2.12. The Kier molecular flexibility index (Phi) is 7.27. The van der Waals surface area contributed by atoms with Gasteiger partial charge in [0.2, 0.25) is 0 Å². The molecular formula is C15H10Br4N2O3. The average molecular weight is 586 g/mol. The highest BCUT2D eigenvalue weighted by Crippen LogP contribution is 2.38. The van der Waals surface area contributed by atoms with Gasteiger partial charge in [0.25, 0.3) is 5.91 Å². The predicted octanol–water partition coefficient (Wildman–Crippen LogP) is 4.97. The molecule has 0 atom stereocenters. The number of ether oxygens (including phenoxy) is 1. The van der Waals surface area contributed by atoms with Crippen molar-refractivity contribution in [3.05, 3.63) is 53.8 Å². The lowest BCUT2D eigenvalue weighted by Crippen LogP contribution is -2.24. The Hall–Kier alpha value is -0.900. The summed E-state index contributed by atoms with van der Waals surface area (Å²) in [5.41, 5.74) is 2.95. The van der Waals surface area contributed by atoms with Crippen LogP contribution in [0.5, 0.6) is 11.5 Å². The van der Waals surface area contributed by atoms with Crippen molar-refractivity contribution < 1.29 is 14.6 Å². The van der Waals surface area contributed by atoms with Crippen LogP contribution in [0.25, 0.3) is 0 Å². The van der Waals surface area contributed by atoms with Crippen LogP contribution in [0.2, 0.25) is 0 Å². The van der Waals surface area contributed by atoms with E-state index in [-0.39, 0.29) is 12.4 Å². The normalized spacial score (nSPS) is 10.8. The van der Waals surface area contributed by atoms with Gasteiger partial charge in [-0.25, -0.2) is 5.43 Å². The first-order valence-corrected chi connectivity index (χ1v) is 9.62. The lowest BCUT2D eigenvalue weighted by atomic mass is 10.2. The minimum absolute atomic E-state index is 0.0453. The van der Waals surface area contributed by atoms with Crippen LogP contribution in [0.4, 0.5) is 0 Å². The second-order valence-electron chi connectivity index (χ2n) is 4.46. The first kappa shape index (κ1) is 19.4. The lowest BCUT2D eigenvalue weighted by Gasteiger charge is -2.07. The molecule has 2 rings (SSSR count). The number of carbonyl (C=O) groups excluding carboxylic acids is 1. The molecule has 2 aromatic carbocycles. The van der Waals surface area contributed by atoms with Crippen molar-refractivity contribution in [2.24, 2.45) is 5.10 Å². The van der Waals surface area contributed by atoms with Crippen LogP contribution in [0.3, 0.4) is 0 Å². The molecule has 0 spiro atoms. The summed E-state index contributed by atoms with van der Waals surface area (Å²) in [6, 6.07) is 8.86. The SMILES string of the molecule is O=C(COc1cccc(Br)c1)NN=Cc1c(Br)cc(Br)c(O)c1Br. The van der Waals surface area contributed by atoms with Crippen molar-refractivity contribution in [1.29, 1.82) is 0 Å². The fourth-order valence-electron chi connectivity index (χ4n) is 1.62. The Bertz CT molecular complexity index is 797. The van der Waals surface area contributed by atoms with Crippen LogP contribution in [0, 0.1) is 0 Å². The van der Waals surface area contributed by atoms with Crippen molar-refractivity contribution in [3.8, 4) is 11.5 Å². The Morgan fingerprint density at radius 2 is 1.96 bits per heavy atom. The van der Waals surface area contributed by atoms with Crippen molar-refractivity contribution in [3.63, 3.8) is 0 Å². The lowest BCUT2D eigenvalue weighted by molar-refractivity contribution is -0.123. The van der Waals surface area contributed by atoms with Crippen molar-refractivity contribution >= 4 is 75.8 Å². The summed E-state index contributed by atoms with van der Waals surface area (Å²) in [7, 11) is 0. The molecule has 126 valence electrons. The summed E-state index contributed by atoms with van der Waals surface area (Å²) in [6.07, 6.45) is 1.41. The summed E-state index contributed by atoms with van der Waals surface area (Å²) in [5, 5.41) is 13.7. The fourth-order valence-corrected chi connectivity index (χ4v) is 4.32. The van der Waals surface area contributed by atoms with Crippen molar-refractivity contribution in [1.82, 2.24) is 5.43 Å². The first-order valence-electron chi connectivity index (χ1n) is 6.45. The van der Waals surface area contributed by atoms with Gasteiger partial charge >= 0.3 is 0 Å². The summed E-state index contributed by atoms with van der Waals surface area (Å²) in [4.78, 5) is 11.7. The molecule has 0 unspecified atom stereocenters. The minimum atomic E-state index is -0.403. The molecule has 0 radical (unpaired) electrons. The summed E-state index contributed by atoms with van der Waals surface area (Å²) in [5.74, 6) is 0.218. The first-order chi connectivity index (χ1) is 11.4. The van der Waals surface area contributed by atoms with E-state index in [9.17, 15) is 9.90 Å². The number of hydrogen-bond acceptors (Lipinski definition) is 4. The molecule has 9 heteroatoms. The van der Waals surface area contributed by atoms with Crippen LogP contribution in [-0.4, -0.2) is 23.8 Å². The van der Waals surface area contributed by atoms with Crippen LogP contribution in [0.15, 0.2) is 53.3 Å². The number of hydrazone groups is 1. The summed E-state index contributed by atoms with van der Waals surface area (Å²) >= 11 is 13.2. The molecule has 0 aliphatic rings. The molecule has 2 N–H and O–H groups in total. The molecule has 1 amide bonds. The molecule has 24 heavy (non-hydrogen) atoms. The van der Waals surface area contributed by atoms with E-state index >= 15 is 0 Å². The van der Waals surface area contributed by atoms with Gasteiger partial charge < -0.3 is 9.84 Å². The van der Waals surface area contributed by atoms with Crippen molar-refractivity contribution in [2.45, 2.75) is 0 Å². The van der Waals surface area contributed by atoms with E-state index in [0.29, 0.717) is 24.7 Å². The van der Waals surface area contributed by atoms with E-state index in [1.165, 1.54) is 6.21 Å². The third kappa shape index (κ3) is 5.30. The summed E-state index contributed by atoms with van der Waals surface area (Å²) in [6.45, 7) is -0.165. The number of phenols is 1. The molecule has 2 aromatic rings. The molecule has 0 aliphatic heterocycles. The molecule has 5 nitrogen and oxygen atoms in total. The van der Waals surface area contributed by atoms with Gasteiger partial charge in [-0.05, 0) is 56.1 Å². The Labute approximate surface area is 172 Å². The van der Waals surface area contributed by atoms with Crippen LogP contribution >= 0.6 is 63.7 Å². The molecule has 0 heterocycles. The number of amides is 1. The molecule has 0 aliphatic carbocycles. The number of halogens is 4. The number of hydrogen-bond donors (Lipinski definition) is 2. The third-order valence-electron chi connectivity index (χ3n) is 2.73. The second-order valence-corrected chi connectivity index (χ2v) is 7.87. The van der Waals surface area contributed by atoms with Gasteiger partial charge in [0.15, 0.2) is 6.61 Å². The molecule has 0 fully saturated rings. The van der Waals surface area contributed by atoms with Gasteiger partial charge in [0, 0.05) is 14.5 Å². The average Bonchev–Trinajstić information content (AvgIpc) is 2.54. The number of nitrogens with zero attached hydrogens (tertiary/aromatic N) is 1. The van der Waals surface area contributed by atoms with Crippen LogP contribution in [-0.2, 0) is 4.79 Å². The molecule has 0 saturated heterocycles. The van der Waals surface area contributed by atoms with Crippen LogP contribution < -0.4 is 10.2 Å². The summed E-state index contributed by atoms with van der Waals surface area (Å²) < 4.78 is 7.90. The zero-order chi connectivity index (χ0) is 17.7.